The summed E-state index contributed by atoms with van der Waals surface area (Å²) < 4.78 is 12.1. The van der Waals surface area contributed by atoms with Gasteiger partial charge < -0.3 is 14.8 Å². The van der Waals surface area contributed by atoms with Gasteiger partial charge in [0.1, 0.15) is 6.61 Å². The molecule has 39 heavy (non-hydrogen) atoms. The lowest BCUT2D eigenvalue weighted by Gasteiger charge is -2.26. The Labute approximate surface area is 266 Å². The van der Waals surface area contributed by atoms with Gasteiger partial charge in [-0.25, -0.2) is 0 Å². The van der Waals surface area contributed by atoms with Gasteiger partial charge in [-0.05, 0) is 53.6 Å². The lowest BCUT2D eigenvalue weighted by atomic mass is 9.87. The number of carbonyl (C=O) groups excluding carboxylic acids is 1. The number of hydrogen-bond acceptors (Lipinski definition) is 6. The molecule has 5 nitrogen and oxygen atoms in total. The van der Waals surface area contributed by atoms with Gasteiger partial charge >= 0.3 is 5.97 Å². The summed E-state index contributed by atoms with van der Waals surface area (Å²) in [6, 6.07) is 18.1. The summed E-state index contributed by atoms with van der Waals surface area (Å²) in [5, 5.41) is 3.86. The Hall–Kier alpha value is -0.560. The normalized spacial score (nSPS) is 24.0. The molecule has 1 aliphatic carbocycles. The third kappa shape index (κ3) is 9.75. The highest BCUT2D eigenvalue weighted by Crippen LogP contribution is 2.41. The van der Waals surface area contributed by atoms with Gasteiger partial charge in [-0.3, -0.25) is 9.69 Å². The minimum Gasteiger partial charge on any atom is -0.464 e. The monoisotopic (exact) mass is 776 g/mol. The number of alkyl halides is 2. The molecule has 1 heterocycles. The van der Waals surface area contributed by atoms with Crippen LogP contribution >= 0.6 is 56.9 Å². The van der Waals surface area contributed by atoms with Crippen molar-refractivity contribution in [2.45, 2.75) is 64.2 Å². The first kappa shape index (κ1) is 31.4. The van der Waals surface area contributed by atoms with E-state index >= 15 is 0 Å². The molecule has 1 N–H and O–H groups in total. The molecule has 0 amide bonds. The first-order chi connectivity index (χ1) is 18.7. The van der Waals surface area contributed by atoms with E-state index in [1.807, 2.05) is 11.8 Å². The lowest BCUT2D eigenvalue weighted by molar-refractivity contribution is -0.144. The van der Waals surface area contributed by atoms with Crippen molar-refractivity contribution in [3.63, 3.8) is 0 Å². The highest BCUT2D eigenvalue weighted by Gasteiger charge is 2.40. The smallest absolute Gasteiger partial charge is 0.306 e. The average molecular weight is 777 g/mol. The predicted molar refractivity (Wildman–Crippen MR) is 180 cm³/mol. The Balaban J connectivity index is 1.24. The van der Waals surface area contributed by atoms with Crippen LogP contribution < -0.4 is 5.32 Å². The van der Waals surface area contributed by atoms with Crippen LogP contribution in [0.5, 0.6) is 0 Å². The summed E-state index contributed by atoms with van der Waals surface area (Å²) in [5.41, 5.74) is 3.89. The maximum atomic E-state index is 12.2. The molecule has 2 aromatic carbocycles. The fourth-order valence-corrected chi connectivity index (χ4v) is 10.1. The second-order valence-electron chi connectivity index (χ2n) is 11.6. The lowest BCUT2D eigenvalue weighted by Crippen LogP contribution is -2.38. The first-order valence-electron chi connectivity index (χ1n) is 14.0. The molecular weight excluding hydrogens is 734 g/mol. The number of morpholine rings is 1. The molecule has 8 heteroatoms. The van der Waals surface area contributed by atoms with Crippen molar-refractivity contribution in [3.05, 3.63) is 59.7 Å². The molecule has 2 fully saturated rings. The van der Waals surface area contributed by atoms with E-state index in [-0.39, 0.29) is 11.4 Å². The number of hydrogen-bond donors (Lipinski definition) is 1. The van der Waals surface area contributed by atoms with Crippen molar-refractivity contribution in [1.82, 2.24) is 4.90 Å². The van der Waals surface area contributed by atoms with Crippen molar-refractivity contribution in [1.29, 1.82) is 0 Å². The van der Waals surface area contributed by atoms with Crippen LogP contribution in [0.1, 0.15) is 44.7 Å². The van der Waals surface area contributed by atoms with Crippen molar-refractivity contribution in [3.8, 4) is 0 Å². The molecule has 2 unspecified atom stereocenters. The van der Waals surface area contributed by atoms with Crippen LogP contribution in [0.25, 0.3) is 0 Å². The van der Waals surface area contributed by atoms with Gasteiger partial charge in [-0.1, -0.05) is 90.2 Å². The Morgan fingerprint density at radius 1 is 1.10 bits per heavy atom. The van der Waals surface area contributed by atoms with Crippen molar-refractivity contribution >= 4 is 68.6 Å². The van der Waals surface area contributed by atoms with E-state index < -0.39 is 0 Å². The van der Waals surface area contributed by atoms with Gasteiger partial charge in [0, 0.05) is 62.2 Å². The fourth-order valence-electron chi connectivity index (χ4n) is 5.07. The Morgan fingerprint density at radius 2 is 1.85 bits per heavy atom. The van der Waals surface area contributed by atoms with Gasteiger partial charge in [-0.2, -0.15) is 0 Å². The zero-order valence-corrected chi connectivity index (χ0v) is 28.5. The minimum atomic E-state index is -0.120. The molecule has 1 aliphatic heterocycles. The van der Waals surface area contributed by atoms with Crippen molar-refractivity contribution < 1.29 is 14.3 Å². The number of nitrogens with one attached hydrogen (secondary N) is 1. The molecule has 214 valence electrons. The maximum absolute atomic E-state index is 12.2. The summed E-state index contributed by atoms with van der Waals surface area (Å²) in [7, 11) is 0. The van der Waals surface area contributed by atoms with E-state index in [0.717, 1.165) is 44.3 Å². The van der Waals surface area contributed by atoms with Gasteiger partial charge in [0.2, 0.25) is 0 Å². The standard InChI is InChI=1S/C31H42I2N2O3S/c1-31(2,3)23-5-4-6-25(19-23)39-21-26-27(32)20-28(33)30(26)34-24-10-7-22(8-11-24)9-12-29(36)38-18-15-35-13-16-37-17-14-35/h4-8,10-11,19,26-28,30,34H,9,12-18,20-21H2,1-3H3/t26-,27?,28?,30+/m0/s1. The van der Waals surface area contributed by atoms with Gasteiger partial charge in [0.25, 0.3) is 0 Å². The molecule has 0 spiro atoms. The van der Waals surface area contributed by atoms with Gasteiger partial charge in [0.05, 0.1) is 13.2 Å². The average Bonchev–Trinajstić information content (AvgIpc) is 3.18. The largest absolute Gasteiger partial charge is 0.464 e. The fraction of sp³-hybridized carbons (Fsp3) is 0.581. The number of rotatable bonds is 11. The van der Waals surface area contributed by atoms with Crippen LogP contribution in [0.4, 0.5) is 5.69 Å². The van der Waals surface area contributed by atoms with E-state index in [1.165, 1.54) is 22.4 Å². The van der Waals surface area contributed by atoms with E-state index in [1.54, 1.807) is 0 Å². The summed E-state index contributed by atoms with van der Waals surface area (Å²) >= 11 is 7.29. The number of thioether (sulfide) groups is 1. The second-order valence-corrected chi connectivity index (χ2v) is 15.9. The molecule has 1 saturated carbocycles. The summed E-state index contributed by atoms with van der Waals surface area (Å²) in [5.74, 6) is 1.60. The number of benzene rings is 2. The SMILES string of the molecule is CC(C)(C)c1cccc(SC[C@H]2C(I)CC(I)[C@@H]2Nc2ccc(CCC(=O)OCCN3CCOCC3)cc2)c1. The Morgan fingerprint density at radius 3 is 2.56 bits per heavy atom. The van der Waals surface area contributed by atoms with Crippen LogP contribution in [-0.2, 0) is 26.1 Å². The summed E-state index contributed by atoms with van der Waals surface area (Å²) in [4.78, 5) is 15.9. The van der Waals surface area contributed by atoms with E-state index in [0.29, 0.717) is 39.3 Å². The Kier molecular flexibility index (Phi) is 12.1. The van der Waals surface area contributed by atoms with Crippen LogP contribution in [0.3, 0.4) is 0 Å². The molecule has 0 radical (unpaired) electrons. The second kappa shape index (κ2) is 15.1. The van der Waals surface area contributed by atoms with E-state index in [9.17, 15) is 4.79 Å². The molecule has 0 aromatic heterocycles. The zero-order chi connectivity index (χ0) is 27.8. The quantitative estimate of drug-likeness (QED) is 0.115. The van der Waals surface area contributed by atoms with Crippen molar-refractivity contribution in [2.24, 2.45) is 5.92 Å². The van der Waals surface area contributed by atoms with Crippen LogP contribution in [-0.4, -0.2) is 70.0 Å². The number of nitrogens with zero attached hydrogens (tertiary/aromatic N) is 1. The highest BCUT2D eigenvalue weighted by molar-refractivity contribution is 14.1. The number of ether oxygens (including phenoxy) is 2. The zero-order valence-electron chi connectivity index (χ0n) is 23.3. The number of esters is 1. The number of halogens is 2. The van der Waals surface area contributed by atoms with E-state index in [2.05, 4.69) is 125 Å². The molecule has 1 saturated heterocycles. The topological polar surface area (TPSA) is 50.8 Å². The Bertz CT molecular complexity index is 1060. The highest BCUT2D eigenvalue weighted by atomic mass is 127. The van der Waals surface area contributed by atoms with E-state index in [4.69, 9.17) is 9.47 Å². The first-order valence-corrected chi connectivity index (χ1v) is 17.5. The summed E-state index contributed by atoms with van der Waals surface area (Å²) in [6.45, 7) is 11.4. The number of anilines is 1. The van der Waals surface area contributed by atoms with Crippen molar-refractivity contribution in [2.75, 3.05) is 50.5 Å². The van der Waals surface area contributed by atoms with Gasteiger partial charge in [-0.15, -0.1) is 11.8 Å². The summed E-state index contributed by atoms with van der Waals surface area (Å²) in [6.07, 6.45) is 2.36. The van der Waals surface area contributed by atoms with Gasteiger partial charge in [0.15, 0.2) is 0 Å². The molecule has 2 aliphatic rings. The third-order valence-corrected chi connectivity index (χ3v) is 11.4. The van der Waals surface area contributed by atoms with Crippen LogP contribution in [0, 0.1) is 5.92 Å². The number of carbonyl (C=O) groups is 1. The van der Waals surface area contributed by atoms with Crippen LogP contribution in [0.15, 0.2) is 53.4 Å². The third-order valence-electron chi connectivity index (χ3n) is 7.59. The molecule has 2 aromatic rings. The van der Waals surface area contributed by atoms with Crippen LogP contribution in [0.2, 0.25) is 0 Å². The molecule has 4 atom stereocenters. The molecule has 0 bridgehead atoms. The number of aryl methyl sites for hydroxylation is 1. The molecular formula is C31H42I2N2O3S. The minimum absolute atomic E-state index is 0.120. The molecule has 4 rings (SSSR count). The predicted octanol–water partition coefficient (Wildman–Crippen LogP) is 6.99. The maximum Gasteiger partial charge on any atom is 0.306 e.